The van der Waals surface area contributed by atoms with Gasteiger partial charge < -0.3 is 4.74 Å². The van der Waals surface area contributed by atoms with Gasteiger partial charge in [0, 0.05) is 5.92 Å². The monoisotopic (exact) mass is 299 g/mol. The van der Waals surface area contributed by atoms with E-state index in [9.17, 15) is 13.2 Å². The van der Waals surface area contributed by atoms with Crippen molar-refractivity contribution < 1.29 is 17.9 Å². The number of carbonyl (C=O) groups is 1. The van der Waals surface area contributed by atoms with Gasteiger partial charge in [0.05, 0.1) is 12.3 Å². The third-order valence-corrected chi connectivity index (χ3v) is 4.65. The highest BCUT2D eigenvalue weighted by molar-refractivity contribution is 7.89. The van der Waals surface area contributed by atoms with E-state index in [1.54, 1.807) is 0 Å². The summed E-state index contributed by atoms with van der Waals surface area (Å²) in [5.74, 6) is 0.0170. The van der Waals surface area contributed by atoms with Crippen molar-refractivity contribution in [3.05, 3.63) is 11.4 Å². The molecule has 2 aliphatic carbocycles. The number of hydrogen-bond acceptors (Lipinski definition) is 5. The van der Waals surface area contributed by atoms with E-state index in [4.69, 9.17) is 9.88 Å². The molecule has 0 radical (unpaired) electrons. The number of ether oxygens (including phenoxy) is 1. The Balaban J connectivity index is 1.78. The fourth-order valence-corrected chi connectivity index (χ4v) is 3.13. The molecule has 0 aliphatic heterocycles. The average molecular weight is 299 g/mol. The molecule has 2 fully saturated rings. The Kier molecular flexibility index (Phi) is 3.29. The number of nitrogens with zero attached hydrogens (tertiary/aromatic N) is 1. The fourth-order valence-electron chi connectivity index (χ4n) is 2.21. The van der Waals surface area contributed by atoms with Crippen molar-refractivity contribution in [1.29, 1.82) is 0 Å². The minimum Gasteiger partial charge on any atom is -0.461 e. The molecule has 0 amide bonds. The van der Waals surface area contributed by atoms with Gasteiger partial charge in [0.25, 0.3) is 0 Å². The van der Waals surface area contributed by atoms with Crippen molar-refractivity contribution >= 4 is 16.0 Å². The van der Waals surface area contributed by atoms with E-state index in [2.05, 4.69) is 10.2 Å². The lowest BCUT2D eigenvalue weighted by molar-refractivity contribution is 0.0483. The number of rotatable bonds is 6. The van der Waals surface area contributed by atoms with Gasteiger partial charge >= 0.3 is 5.97 Å². The predicted molar refractivity (Wildman–Crippen MR) is 69.6 cm³/mol. The summed E-state index contributed by atoms with van der Waals surface area (Å²) in [6.45, 7) is 0.291. The van der Waals surface area contributed by atoms with E-state index in [0.717, 1.165) is 19.3 Å². The normalized spacial score (nSPS) is 19.1. The van der Waals surface area contributed by atoms with Crippen LogP contribution in [-0.2, 0) is 14.8 Å². The summed E-state index contributed by atoms with van der Waals surface area (Å²) in [6.07, 6.45) is 4.92. The number of esters is 1. The molecule has 0 bridgehead atoms. The van der Waals surface area contributed by atoms with Crippen LogP contribution in [0.2, 0.25) is 0 Å². The van der Waals surface area contributed by atoms with Gasteiger partial charge in [-0.25, -0.2) is 18.4 Å². The molecule has 0 atom stereocenters. The van der Waals surface area contributed by atoms with Gasteiger partial charge in [-0.1, -0.05) is 12.8 Å². The summed E-state index contributed by atoms with van der Waals surface area (Å²) in [7, 11) is -3.99. The zero-order valence-electron chi connectivity index (χ0n) is 11.0. The molecule has 2 saturated carbocycles. The van der Waals surface area contributed by atoms with Crippen LogP contribution in [0.4, 0.5) is 0 Å². The van der Waals surface area contributed by atoms with Crippen molar-refractivity contribution in [2.45, 2.75) is 42.9 Å². The Morgan fingerprint density at radius 2 is 2.05 bits per heavy atom. The second kappa shape index (κ2) is 4.85. The average Bonchev–Trinajstić information content (AvgIpc) is 3.27. The Labute approximate surface area is 116 Å². The van der Waals surface area contributed by atoms with E-state index >= 15 is 0 Å². The number of sulfonamides is 1. The Hall–Kier alpha value is -1.41. The zero-order valence-corrected chi connectivity index (χ0v) is 11.8. The standard InChI is InChI=1S/C12H17N3O4S/c13-20(17,18)11-9(8-3-4-8)14-15-10(11)12(16)19-6-5-7-1-2-7/h7-8H,1-6H2,(H,14,15)(H2,13,17,18). The summed E-state index contributed by atoms with van der Waals surface area (Å²) in [5.41, 5.74) is 0.215. The zero-order chi connectivity index (χ0) is 14.3. The largest absolute Gasteiger partial charge is 0.461 e. The maximum atomic E-state index is 11.9. The highest BCUT2D eigenvalue weighted by Crippen LogP contribution is 2.42. The lowest BCUT2D eigenvalue weighted by Gasteiger charge is -2.04. The first-order valence-electron chi connectivity index (χ1n) is 6.75. The van der Waals surface area contributed by atoms with Crippen molar-refractivity contribution in [2.24, 2.45) is 11.1 Å². The van der Waals surface area contributed by atoms with Gasteiger partial charge in [0.2, 0.25) is 10.0 Å². The van der Waals surface area contributed by atoms with Crippen LogP contribution < -0.4 is 5.14 Å². The van der Waals surface area contributed by atoms with Crippen LogP contribution in [0.3, 0.4) is 0 Å². The molecule has 8 heteroatoms. The number of aromatic amines is 1. The molecule has 20 heavy (non-hydrogen) atoms. The molecule has 110 valence electrons. The Morgan fingerprint density at radius 1 is 1.35 bits per heavy atom. The molecule has 0 spiro atoms. The molecule has 7 nitrogen and oxygen atoms in total. The van der Waals surface area contributed by atoms with Crippen molar-refractivity contribution in [2.75, 3.05) is 6.61 Å². The van der Waals surface area contributed by atoms with Crippen molar-refractivity contribution in [3.8, 4) is 0 Å². The Morgan fingerprint density at radius 3 is 2.60 bits per heavy atom. The van der Waals surface area contributed by atoms with Crippen LogP contribution in [-0.4, -0.2) is 31.2 Å². The summed E-state index contributed by atoms with van der Waals surface area (Å²) in [4.78, 5) is 11.7. The van der Waals surface area contributed by atoms with Gasteiger partial charge in [0.15, 0.2) is 5.69 Å². The van der Waals surface area contributed by atoms with Gasteiger partial charge in [-0.05, 0) is 25.2 Å². The van der Waals surface area contributed by atoms with Crippen molar-refractivity contribution in [3.63, 3.8) is 0 Å². The number of nitrogens with one attached hydrogen (secondary N) is 1. The predicted octanol–water partition coefficient (Wildman–Crippen LogP) is 0.891. The van der Waals surface area contributed by atoms with E-state index in [1.807, 2.05) is 0 Å². The highest BCUT2D eigenvalue weighted by atomic mass is 32.2. The van der Waals surface area contributed by atoms with E-state index < -0.39 is 16.0 Å². The van der Waals surface area contributed by atoms with E-state index in [-0.39, 0.29) is 16.5 Å². The van der Waals surface area contributed by atoms with Crippen LogP contribution in [0.25, 0.3) is 0 Å². The topological polar surface area (TPSA) is 115 Å². The summed E-state index contributed by atoms with van der Waals surface area (Å²) in [5, 5.41) is 11.6. The second-order valence-corrected chi connectivity index (χ2v) is 7.00. The maximum absolute atomic E-state index is 11.9. The van der Waals surface area contributed by atoms with Gasteiger partial charge in [0.1, 0.15) is 4.90 Å². The van der Waals surface area contributed by atoms with Crippen LogP contribution in [0.15, 0.2) is 4.90 Å². The van der Waals surface area contributed by atoms with Crippen LogP contribution in [0.1, 0.15) is 54.2 Å². The number of H-pyrrole nitrogens is 1. The van der Waals surface area contributed by atoms with Crippen LogP contribution in [0.5, 0.6) is 0 Å². The highest BCUT2D eigenvalue weighted by Gasteiger charge is 2.36. The third kappa shape index (κ3) is 2.85. The molecular weight excluding hydrogens is 282 g/mol. The number of nitrogens with two attached hydrogens (primary N) is 1. The molecule has 0 aromatic carbocycles. The van der Waals surface area contributed by atoms with Crippen LogP contribution >= 0.6 is 0 Å². The molecule has 2 aliphatic rings. The summed E-state index contributed by atoms with van der Waals surface area (Å²) < 4.78 is 28.4. The molecule has 3 rings (SSSR count). The molecule has 3 N–H and O–H groups in total. The van der Waals surface area contributed by atoms with E-state index in [0.29, 0.717) is 18.2 Å². The number of primary sulfonamides is 1. The smallest absolute Gasteiger partial charge is 0.360 e. The summed E-state index contributed by atoms with van der Waals surface area (Å²) >= 11 is 0. The lowest BCUT2D eigenvalue weighted by atomic mass is 10.2. The minimum atomic E-state index is -3.99. The lowest BCUT2D eigenvalue weighted by Crippen LogP contribution is -2.18. The number of aromatic nitrogens is 2. The van der Waals surface area contributed by atoms with Gasteiger partial charge in [-0.3, -0.25) is 5.10 Å². The third-order valence-electron chi connectivity index (χ3n) is 3.67. The minimum absolute atomic E-state index is 0.101. The SMILES string of the molecule is NS(=O)(=O)c1c(C(=O)OCCC2CC2)n[nH]c1C1CC1. The Bertz CT molecular complexity index is 629. The molecule has 0 unspecified atom stereocenters. The first-order chi connectivity index (χ1) is 9.47. The molecule has 1 aromatic rings. The fraction of sp³-hybridized carbons (Fsp3) is 0.667. The first kappa shape index (κ1) is 13.6. The van der Waals surface area contributed by atoms with Crippen LogP contribution in [0, 0.1) is 5.92 Å². The summed E-state index contributed by atoms with van der Waals surface area (Å²) in [6, 6.07) is 0. The molecule has 1 aromatic heterocycles. The number of carbonyl (C=O) groups excluding carboxylic acids is 1. The van der Waals surface area contributed by atoms with Gasteiger partial charge in [-0.15, -0.1) is 0 Å². The maximum Gasteiger partial charge on any atom is 0.360 e. The quantitative estimate of drug-likeness (QED) is 0.757. The number of hydrogen-bond donors (Lipinski definition) is 2. The molecular formula is C12H17N3O4S. The van der Waals surface area contributed by atoms with E-state index in [1.165, 1.54) is 12.8 Å². The van der Waals surface area contributed by atoms with Crippen molar-refractivity contribution in [1.82, 2.24) is 10.2 Å². The molecule has 1 heterocycles. The first-order valence-corrected chi connectivity index (χ1v) is 8.29. The molecule has 0 saturated heterocycles. The van der Waals surface area contributed by atoms with Gasteiger partial charge in [-0.2, -0.15) is 5.10 Å². The second-order valence-electron chi connectivity index (χ2n) is 5.50.